The normalized spacial score (nSPS) is 10.5. The fraction of sp³-hybridized carbons (Fsp3) is 0.105. The van der Waals surface area contributed by atoms with Crippen LogP contribution in [0.5, 0.6) is 5.75 Å². The molecule has 0 saturated carbocycles. The zero-order chi connectivity index (χ0) is 18.0. The highest BCUT2D eigenvalue weighted by Crippen LogP contribution is 2.21. The number of methoxy groups -OCH3 is 1. The molecule has 0 bridgehead atoms. The fourth-order valence-corrected chi connectivity index (χ4v) is 2.44. The van der Waals surface area contributed by atoms with E-state index in [9.17, 15) is 14.4 Å². The summed E-state index contributed by atoms with van der Waals surface area (Å²) in [6, 6.07) is 12.8. The Hall–Kier alpha value is -3.41. The monoisotopic (exact) mass is 337 g/mol. The molecule has 0 atom stereocenters. The summed E-state index contributed by atoms with van der Waals surface area (Å²) >= 11 is 0. The van der Waals surface area contributed by atoms with E-state index in [1.807, 2.05) is 0 Å². The lowest BCUT2D eigenvalue weighted by atomic mass is 10.0. The smallest absolute Gasteiger partial charge is 0.347 e. The molecule has 6 heteroatoms. The number of fused-ring (bicyclic) bond motifs is 1. The molecule has 0 saturated heterocycles. The second-order valence-electron chi connectivity index (χ2n) is 5.44. The van der Waals surface area contributed by atoms with Crippen LogP contribution in [0.2, 0.25) is 0 Å². The standard InChI is InChI=1S/C19H15NO5/c1-11(21)20-14-6-3-12(4-7-14)18(22)16-9-13-5-8-15(24-2)10-17(13)25-19(16)23/h3-10H,1-2H3,(H,20,21). The largest absolute Gasteiger partial charge is 0.497 e. The van der Waals surface area contributed by atoms with Crippen molar-refractivity contribution in [1.82, 2.24) is 0 Å². The Balaban J connectivity index is 1.97. The number of carbonyl (C=O) groups excluding carboxylic acids is 2. The second-order valence-corrected chi connectivity index (χ2v) is 5.44. The molecule has 3 aromatic rings. The van der Waals surface area contributed by atoms with E-state index in [1.54, 1.807) is 42.5 Å². The number of nitrogens with one attached hydrogen (secondary N) is 1. The summed E-state index contributed by atoms with van der Waals surface area (Å²) in [5.41, 5.74) is 0.486. The van der Waals surface area contributed by atoms with Gasteiger partial charge in [0.1, 0.15) is 16.9 Å². The highest BCUT2D eigenvalue weighted by atomic mass is 16.5. The zero-order valence-electron chi connectivity index (χ0n) is 13.7. The topological polar surface area (TPSA) is 85.6 Å². The van der Waals surface area contributed by atoms with Gasteiger partial charge in [0.05, 0.1) is 7.11 Å². The molecule has 3 rings (SSSR count). The molecular weight excluding hydrogens is 322 g/mol. The van der Waals surface area contributed by atoms with Crippen LogP contribution in [0, 0.1) is 0 Å². The number of benzene rings is 2. The molecule has 2 aromatic carbocycles. The number of ether oxygens (including phenoxy) is 1. The minimum atomic E-state index is -0.711. The van der Waals surface area contributed by atoms with Gasteiger partial charge in [0.2, 0.25) is 5.91 Å². The highest BCUT2D eigenvalue weighted by molar-refractivity contribution is 6.10. The number of hydrogen-bond donors (Lipinski definition) is 1. The van der Waals surface area contributed by atoms with Crippen molar-refractivity contribution in [3.8, 4) is 5.75 Å². The minimum Gasteiger partial charge on any atom is -0.497 e. The second kappa shape index (κ2) is 6.60. The van der Waals surface area contributed by atoms with Gasteiger partial charge < -0.3 is 14.5 Å². The minimum absolute atomic E-state index is 0.0510. The first kappa shape index (κ1) is 16.4. The fourth-order valence-electron chi connectivity index (χ4n) is 2.44. The Morgan fingerprint density at radius 3 is 2.40 bits per heavy atom. The lowest BCUT2D eigenvalue weighted by molar-refractivity contribution is -0.114. The van der Waals surface area contributed by atoms with Gasteiger partial charge in [-0.25, -0.2) is 4.79 Å². The molecule has 0 aliphatic heterocycles. The van der Waals surface area contributed by atoms with Crippen LogP contribution >= 0.6 is 0 Å². The Morgan fingerprint density at radius 2 is 1.76 bits per heavy atom. The number of ketones is 1. The van der Waals surface area contributed by atoms with E-state index in [4.69, 9.17) is 9.15 Å². The van der Waals surface area contributed by atoms with E-state index in [-0.39, 0.29) is 11.5 Å². The molecule has 1 N–H and O–H groups in total. The quantitative estimate of drug-likeness (QED) is 0.584. The molecule has 126 valence electrons. The Bertz CT molecular complexity index is 1020. The van der Waals surface area contributed by atoms with Crippen molar-refractivity contribution in [2.24, 2.45) is 0 Å². The number of rotatable bonds is 4. The van der Waals surface area contributed by atoms with Gasteiger partial charge >= 0.3 is 5.63 Å². The molecule has 0 aliphatic carbocycles. The van der Waals surface area contributed by atoms with Gasteiger partial charge in [0.25, 0.3) is 0 Å². The summed E-state index contributed by atoms with van der Waals surface area (Å²) in [6.45, 7) is 1.40. The van der Waals surface area contributed by atoms with E-state index in [0.29, 0.717) is 28.0 Å². The van der Waals surface area contributed by atoms with Crippen molar-refractivity contribution in [3.05, 3.63) is 70.1 Å². The highest BCUT2D eigenvalue weighted by Gasteiger charge is 2.16. The molecular formula is C19H15NO5. The van der Waals surface area contributed by atoms with E-state index in [0.717, 1.165) is 0 Å². The first-order chi connectivity index (χ1) is 12.0. The maximum Gasteiger partial charge on any atom is 0.347 e. The van der Waals surface area contributed by atoms with Gasteiger partial charge in [-0.3, -0.25) is 9.59 Å². The van der Waals surface area contributed by atoms with Crippen molar-refractivity contribution >= 4 is 28.3 Å². The maximum absolute atomic E-state index is 12.6. The predicted octanol–water partition coefficient (Wildman–Crippen LogP) is 2.99. The van der Waals surface area contributed by atoms with Crippen LogP contribution in [0.4, 0.5) is 5.69 Å². The van der Waals surface area contributed by atoms with Crippen molar-refractivity contribution in [3.63, 3.8) is 0 Å². The van der Waals surface area contributed by atoms with Crippen LogP contribution in [0.3, 0.4) is 0 Å². The molecule has 0 unspecified atom stereocenters. The molecule has 0 aliphatic rings. The maximum atomic E-state index is 12.6. The summed E-state index contributed by atoms with van der Waals surface area (Å²) in [6.07, 6.45) is 0. The number of hydrogen-bond acceptors (Lipinski definition) is 5. The van der Waals surface area contributed by atoms with Gasteiger partial charge in [-0.2, -0.15) is 0 Å². The number of anilines is 1. The molecule has 25 heavy (non-hydrogen) atoms. The van der Waals surface area contributed by atoms with Crippen LogP contribution in [0.1, 0.15) is 22.8 Å². The van der Waals surface area contributed by atoms with Gasteiger partial charge in [-0.1, -0.05) is 0 Å². The van der Waals surface area contributed by atoms with Crippen LogP contribution in [-0.4, -0.2) is 18.8 Å². The summed E-state index contributed by atoms with van der Waals surface area (Å²) in [7, 11) is 1.52. The number of amides is 1. The summed E-state index contributed by atoms with van der Waals surface area (Å²) in [5, 5.41) is 3.24. The summed E-state index contributed by atoms with van der Waals surface area (Å²) < 4.78 is 10.3. The average Bonchev–Trinajstić information content (AvgIpc) is 2.60. The Morgan fingerprint density at radius 1 is 1.04 bits per heavy atom. The van der Waals surface area contributed by atoms with Gasteiger partial charge in [-0.15, -0.1) is 0 Å². The number of carbonyl (C=O) groups is 2. The van der Waals surface area contributed by atoms with Crippen molar-refractivity contribution < 1.29 is 18.7 Å². The van der Waals surface area contributed by atoms with Gasteiger partial charge in [0.15, 0.2) is 5.78 Å². The molecule has 0 fully saturated rings. The van der Waals surface area contributed by atoms with Gasteiger partial charge in [-0.05, 0) is 42.5 Å². The third-order valence-corrected chi connectivity index (χ3v) is 3.66. The van der Waals surface area contributed by atoms with Crippen LogP contribution in [0.25, 0.3) is 11.0 Å². The molecule has 1 heterocycles. The van der Waals surface area contributed by atoms with Gasteiger partial charge in [0, 0.05) is 29.6 Å². The van der Waals surface area contributed by atoms with Crippen molar-refractivity contribution in [1.29, 1.82) is 0 Å². The summed E-state index contributed by atoms with van der Waals surface area (Å²) in [4.78, 5) is 35.8. The van der Waals surface area contributed by atoms with Crippen LogP contribution < -0.4 is 15.7 Å². The van der Waals surface area contributed by atoms with Crippen molar-refractivity contribution in [2.45, 2.75) is 6.92 Å². The SMILES string of the molecule is COc1ccc2cc(C(=O)c3ccc(NC(C)=O)cc3)c(=O)oc2c1. The molecule has 0 radical (unpaired) electrons. The van der Waals surface area contributed by atoms with E-state index >= 15 is 0 Å². The first-order valence-electron chi connectivity index (χ1n) is 7.52. The Labute approximate surface area is 143 Å². The van der Waals surface area contributed by atoms with Crippen LogP contribution in [0.15, 0.2) is 57.7 Å². The van der Waals surface area contributed by atoms with E-state index in [2.05, 4.69) is 5.32 Å². The molecule has 6 nitrogen and oxygen atoms in total. The third kappa shape index (κ3) is 3.42. The van der Waals surface area contributed by atoms with E-state index in [1.165, 1.54) is 20.1 Å². The molecule has 0 spiro atoms. The first-order valence-corrected chi connectivity index (χ1v) is 7.52. The molecule has 1 amide bonds. The molecule has 1 aromatic heterocycles. The lowest BCUT2D eigenvalue weighted by Gasteiger charge is -2.05. The average molecular weight is 337 g/mol. The zero-order valence-corrected chi connectivity index (χ0v) is 13.7. The van der Waals surface area contributed by atoms with Crippen LogP contribution in [-0.2, 0) is 4.79 Å². The predicted molar refractivity (Wildman–Crippen MR) is 93.2 cm³/mol. The van der Waals surface area contributed by atoms with Crippen molar-refractivity contribution in [2.75, 3.05) is 12.4 Å². The van der Waals surface area contributed by atoms with E-state index < -0.39 is 11.4 Å². The lowest BCUT2D eigenvalue weighted by Crippen LogP contribution is -2.15. The Kier molecular flexibility index (Phi) is 4.35. The summed E-state index contributed by atoms with van der Waals surface area (Å²) in [5.74, 6) is -0.0891. The third-order valence-electron chi connectivity index (χ3n) is 3.66.